The zero-order valence-electron chi connectivity index (χ0n) is 10.1. The SMILES string of the molecule is N#Cc1ncccc1COc1ccc(CN)cc1F. The van der Waals surface area contributed by atoms with Gasteiger partial charge in [-0.05, 0) is 23.8 Å². The summed E-state index contributed by atoms with van der Waals surface area (Å²) in [7, 11) is 0. The molecular formula is C14H12FN3O. The van der Waals surface area contributed by atoms with Crippen LogP contribution in [0.4, 0.5) is 4.39 Å². The van der Waals surface area contributed by atoms with Gasteiger partial charge in [0.2, 0.25) is 0 Å². The van der Waals surface area contributed by atoms with E-state index in [0.717, 1.165) is 0 Å². The summed E-state index contributed by atoms with van der Waals surface area (Å²) < 4.78 is 19.0. The Bertz CT molecular complexity index is 622. The summed E-state index contributed by atoms with van der Waals surface area (Å²) in [6.45, 7) is 0.369. The van der Waals surface area contributed by atoms with Crippen molar-refractivity contribution in [1.82, 2.24) is 4.98 Å². The van der Waals surface area contributed by atoms with E-state index in [-0.39, 0.29) is 24.6 Å². The molecule has 1 aromatic heterocycles. The van der Waals surface area contributed by atoms with Gasteiger partial charge in [-0.15, -0.1) is 0 Å². The van der Waals surface area contributed by atoms with Crippen LogP contribution in [0.25, 0.3) is 0 Å². The first-order valence-corrected chi connectivity index (χ1v) is 5.70. The molecule has 0 saturated heterocycles. The van der Waals surface area contributed by atoms with Crippen molar-refractivity contribution < 1.29 is 9.13 Å². The summed E-state index contributed by atoms with van der Waals surface area (Å²) in [6, 6.07) is 9.95. The smallest absolute Gasteiger partial charge is 0.165 e. The Morgan fingerprint density at radius 1 is 1.37 bits per heavy atom. The number of hydrogen-bond acceptors (Lipinski definition) is 4. The van der Waals surface area contributed by atoms with Crippen molar-refractivity contribution in [3.63, 3.8) is 0 Å². The standard InChI is InChI=1S/C14H12FN3O/c15-12-6-10(7-16)3-4-14(12)19-9-11-2-1-5-18-13(11)8-17/h1-6H,7,9,16H2. The number of nitrogens with zero attached hydrogens (tertiary/aromatic N) is 2. The van der Waals surface area contributed by atoms with Crippen molar-refractivity contribution >= 4 is 0 Å². The normalized spacial score (nSPS) is 9.95. The van der Waals surface area contributed by atoms with E-state index in [1.54, 1.807) is 18.2 Å². The number of halogens is 1. The maximum absolute atomic E-state index is 13.7. The highest BCUT2D eigenvalue weighted by Gasteiger charge is 2.07. The van der Waals surface area contributed by atoms with Crippen LogP contribution in [0.15, 0.2) is 36.5 Å². The van der Waals surface area contributed by atoms with Crippen LogP contribution in [0.3, 0.4) is 0 Å². The molecule has 0 aliphatic rings. The van der Waals surface area contributed by atoms with Gasteiger partial charge in [0, 0.05) is 18.3 Å². The molecule has 0 radical (unpaired) electrons. The van der Waals surface area contributed by atoms with E-state index in [1.165, 1.54) is 18.3 Å². The first-order valence-electron chi connectivity index (χ1n) is 5.70. The molecule has 0 aliphatic carbocycles. The van der Waals surface area contributed by atoms with Crippen molar-refractivity contribution in [3.05, 3.63) is 59.2 Å². The molecule has 0 unspecified atom stereocenters. The molecule has 2 aromatic rings. The van der Waals surface area contributed by atoms with Gasteiger partial charge in [-0.25, -0.2) is 9.37 Å². The minimum Gasteiger partial charge on any atom is -0.486 e. The Kier molecular flexibility index (Phi) is 4.06. The molecule has 0 spiro atoms. The second-order valence-electron chi connectivity index (χ2n) is 3.88. The zero-order chi connectivity index (χ0) is 13.7. The number of ether oxygens (including phenoxy) is 1. The number of benzene rings is 1. The monoisotopic (exact) mass is 257 g/mol. The molecule has 0 aliphatic heterocycles. The van der Waals surface area contributed by atoms with E-state index in [9.17, 15) is 4.39 Å². The molecule has 2 rings (SSSR count). The molecule has 0 amide bonds. The first-order chi connectivity index (χ1) is 9.24. The lowest BCUT2D eigenvalue weighted by Crippen LogP contribution is -2.02. The summed E-state index contributed by atoms with van der Waals surface area (Å²) in [5.41, 5.74) is 7.02. The fourth-order valence-electron chi connectivity index (χ4n) is 1.60. The summed E-state index contributed by atoms with van der Waals surface area (Å²) in [5, 5.41) is 8.88. The number of nitrogens with two attached hydrogens (primary N) is 1. The van der Waals surface area contributed by atoms with Crippen molar-refractivity contribution in [3.8, 4) is 11.8 Å². The Labute approximate surface area is 110 Å². The van der Waals surface area contributed by atoms with Crippen LogP contribution in [0.1, 0.15) is 16.8 Å². The third-order valence-corrected chi connectivity index (χ3v) is 2.61. The van der Waals surface area contributed by atoms with Gasteiger partial charge in [0.25, 0.3) is 0 Å². The number of pyridine rings is 1. The van der Waals surface area contributed by atoms with Crippen LogP contribution < -0.4 is 10.5 Å². The summed E-state index contributed by atoms with van der Waals surface area (Å²) in [5.74, 6) is -0.338. The molecule has 5 heteroatoms. The quantitative estimate of drug-likeness (QED) is 0.910. The molecule has 19 heavy (non-hydrogen) atoms. The number of nitriles is 1. The molecule has 0 fully saturated rings. The first kappa shape index (κ1) is 13.0. The molecular weight excluding hydrogens is 245 g/mol. The van der Waals surface area contributed by atoms with Crippen LogP contribution in [0, 0.1) is 17.1 Å². The molecule has 0 saturated carbocycles. The molecule has 1 heterocycles. The van der Waals surface area contributed by atoms with Crippen molar-refractivity contribution in [2.45, 2.75) is 13.2 Å². The largest absolute Gasteiger partial charge is 0.486 e. The summed E-state index contributed by atoms with van der Waals surface area (Å²) >= 11 is 0. The molecule has 0 bridgehead atoms. The fourth-order valence-corrected chi connectivity index (χ4v) is 1.60. The zero-order valence-corrected chi connectivity index (χ0v) is 10.1. The van der Waals surface area contributed by atoms with Gasteiger partial charge in [0.05, 0.1) is 0 Å². The molecule has 1 aromatic carbocycles. The predicted molar refractivity (Wildman–Crippen MR) is 67.6 cm³/mol. The second-order valence-corrected chi connectivity index (χ2v) is 3.88. The van der Waals surface area contributed by atoms with Crippen molar-refractivity contribution in [2.75, 3.05) is 0 Å². The Morgan fingerprint density at radius 2 is 2.21 bits per heavy atom. The highest BCUT2D eigenvalue weighted by Crippen LogP contribution is 2.19. The molecule has 96 valence electrons. The highest BCUT2D eigenvalue weighted by molar-refractivity contribution is 5.32. The lowest BCUT2D eigenvalue weighted by atomic mass is 10.2. The fraction of sp³-hybridized carbons (Fsp3) is 0.143. The van der Waals surface area contributed by atoms with Gasteiger partial charge in [-0.1, -0.05) is 12.1 Å². The third kappa shape index (κ3) is 3.06. The molecule has 4 nitrogen and oxygen atoms in total. The van der Waals surface area contributed by atoms with Crippen molar-refractivity contribution in [1.29, 1.82) is 5.26 Å². The predicted octanol–water partition coefficient (Wildman–Crippen LogP) is 2.13. The average molecular weight is 257 g/mol. The van der Waals surface area contributed by atoms with E-state index < -0.39 is 5.82 Å². The topological polar surface area (TPSA) is 71.9 Å². The van der Waals surface area contributed by atoms with Gasteiger partial charge in [-0.2, -0.15) is 5.26 Å². The van der Waals surface area contributed by atoms with E-state index in [0.29, 0.717) is 11.1 Å². The Hall–Kier alpha value is -2.45. The maximum Gasteiger partial charge on any atom is 0.165 e. The van der Waals surface area contributed by atoms with Crippen LogP contribution in [-0.2, 0) is 13.2 Å². The van der Waals surface area contributed by atoms with Gasteiger partial charge in [-0.3, -0.25) is 0 Å². The minimum atomic E-state index is -0.467. The van der Waals surface area contributed by atoms with E-state index in [4.69, 9.17) is 15.7 Å². The van der Waals surface area contributed by atoms with E-state index >= 15 is 0 Å². The van der Waals surface area contributed by atoms with Gasteiger partial charge in [0.1, 0.15) is 18.4 Å². The third-order valence-electron chi connectivity index (χ3n) is 2.61. The summed E-state index contributed by atoms with van der Waals surface area (Å²) in [6.07, 6.45) is 1.53. The minimum absolute atomic E-state index is 0.0929. The van der Waals surface area contributed by atoms with E-state index in [2.05, 4.69) is 4.98 Å². The van der Waals surface area contributed by atoms with E-state index in [1.807, 2.05) is 6.07 Å². The van der Waals surface area contributed by atoms with Crippen LogP contribution in [0.2, 0.25) is 0 Å². The lowest BCUT2D eigenvalue weighted by molar-refractivity contribution is 0.289. The van der Waals surface area contributed by atoms with Gasteiger partial charge in [0.15, 0.2) is 11.6 Å². The maximum atomic E-state index is 13.7. The highest BCUT2D eigenvalue weighted by atomic mass is 19.1. The van der Waals surface area contributed by atoms with Crippen LogP contribution in [0.5, 0.6) is 5.75 Å². The Morgan fingerprint density at radius 3 is 2.89 bits per heavy atom. The van der Waals surface area contributed by atoms with Crippen LogP contribution in [-0.4, -0.2) is 4.98 Å². The number of hydrogen-bond donors (Lipinski definition) is 1. The second kappa shape index (κ2) is 5.94. The average Bonchev–Trinajstić information content (AvgIpc) is 2.46. The number of aromatic nitrogens is 1. The van der Waals surface area contributed by atoms with Gasteiger partial charge >= 0.3 is 0 Å². The Balaban J connectivity index is 2.13. The number of rotatable bonds is 4. The van der Waals surface area contributed by atoms with Crippen LogP contribution >= 0.6 is 0 Å². The van der Waals surface area contributed by atoms with Gasteiger partial charge < -0.3 is 10.5 Å². The molecule has 0 atom stereocenters. The molecule has 2 N–H and O–H groups in total. The van der Waals surface area contributed by atoms with Crippen molar-refractivity contribution in [2.24, 2.45) is 5.73 Å². The summed E-state index contributed by atoms with van der Waals surface area (Å²) in [4.78, 5) is 3.91. The lowest BCUT2D eigenvalue weighted by Gasteiger charge is -2.08.